The molecule has 0 aliphatic heterocycles. The van der Waals surface area contributed by atoms with Crippen LogP contribution in [0.1, 0.15) is 21.8 Å². The van der Waals surface area contributed by atoms with E-state index in [-0.39, 0.29) is 5.91 Å². The summed E-state index contributed by atoms with van der Waals surface area (Å²) in [6, 6.07) is 16.1. The summed E-state index contributed by atoms with van der Waals surface area (Å²) in [4.78, 5) is 21.2. The van der Waals surface area contributed by atoms with E-state index in [1.165, 1.54) is 7.11 Å². The Morgan fingerprint density at radius 2 is 1.77 bits per heavy atom. The minimum atomic E-state index is -0.267. The summed E-state index contributed by atoms with van der Waals surface area (Å²) in [6.07, 6.45) is 3.72. The second-order valence-electron chi connectivity index (χ2n) is 6.61. The lowest BCUT2D eigenvalue weighted by atomic mass is 10.1. The third-order valence-corrected chi connectivity index (χ3v) is 4.66. The number of pyridine rings is 1. The van der Waals surface area contributed by atoms with Gasteiger partial charge >= 0.3 is 0 Å². The third-order valence-electron chi connectivity index (χ3n) is 4.66. The molecule has 2 heterocycles. The molecule has 0 unspecified atom stereocenters. The molecule has 1 amide bonds. The third kappa shape index (κ3) is 4.53. The summed E-state index contributed by atoms with van der Waals surface area (Å²) < 4.78 is 15.9. The molecule has 2 aromatic carbocycles. The van der Waals surface area contributed by atoms with Crippen LogP contribution >= 0.6 is 0 Å². The summed E-state index contributed by atoms with van der Waals surface area (Å²) in [7, 11) is 3.07. The maximum atomic E-state index is 12.8. The van der Waals surface area contributed by atoms with Crippen LogP contribution in [0.25, 0.3) is 11.4 Å². The van der Waals surface area contributed by atoms with E-state index in [0.717, 1.165) is 11.1 Å². The van der Waals surface area contributed by atoms with Crippen molar-refractivity contribution in [3.8, 4) is 22.9 Å². The molecule has 0 saturated heterocycles. The molecule has 4 rings (SSSR count). The predicted molar refractivity (Wildman–Crippen MR) is 114 cm³/mol. The molecule has 31 heavy (non-hydrogen) atoms. The Balaban J connectivity index is 1.53. The van der Waals surface area contributed by atoms with Crippen LogP contribution < -0.4 is 14.8 Å². The van der Waals surface area contributed by atoms with Gasteiger partial charge in [-0.25, -0.2) is 0 Å². The van der Waals surface area contributed by atoms with E-state index in [9.17, 15) is 4.79 Å². The molecule has 1 N–H and O–H groups in total. The highest BCUT2D eigenvalue weighted by molar-refractivity contribution is 6.05. The SMILES string of the molecule is COc1ccc(C(=O)Nc2ccccc2Cc2nc(-c3ccncc3)no2)cc1OC. The molecular formula is C23H20N4O4. The zero-order chi connectivity index (χ0) is 21.6. The van der Waals surface area contributed by atoms with Crippen molar-refractivity contribution in [2.75, 3.05) is 19.5 Å². The maximum absolute atomic E-state index is 12.8. The molecule has 0 bridgehead atoms. The second-order valence-corrected chi connectivity index (χ2v) is 6.61. The fraction of sp³-hybridized carbons (Fsp3) is 0.130. The monoisotopic (exact) mass is 416 g/mol. The molecule has 0 aliphatic carbocycles. The van der Waals surface area contributed by atoms with Gasteiger partial charge in [0.05, 0.1) is 20.6 Å². The number of nitrogens with zero attached hydrogens (tertiary/aromatic N) is 3. The van der Waals surface area contributed by atoms with Crippen LogP contribution in [0.3, 0.4) is 0 Å². The Labute approximate surface area is 178 Å². The Morgan fingerprint density at radius 1 is 1.00 bits per heavy atom. The van der Waals surface area contributed by atoms with Crippen molar-refractivity contribution in [2.24, 2.45) is 0 Å². The summed E-state index contributed by atoms with van der Waals surface area (Å²) in [5, 5.41) is 6.97. The molecule has 0 aliphatic rings. The number of hydrogen-bond donors (Lipinski definition) is 1. The van der Waals surface area contributed by atoms with E-state index < -0.39 is 0 Å². The van der Waals surface area contributed by atoms with Gasteiger partial charge in [0.25, 0.3) is 5.91 Å². The largest absolute Gasteiger partial charge is 0.493 e. The number of nitrogens with one attached hydrogen (secondary N) is 1. The van der Waals surface area contributed by atoms with Gasteiger partial charge in [0.1, 0.15) is 0 Å². The lowest BCUT2D eigenvalue weighted by Gasteiger charge is -2.12. The molecule has 8 heteroatoms. The zero-order valence-electron chi connectivity index (χ0n) is 17.0. The second kappa shape index (κ2) is 9.08. The first kappa shape index (κ1) is 20.1. The van der Waals surface area contributed by atoms with Crippen molar-refractivity contribution in [3.05, 3.63) is 84.0 Å². The quantitative estimate of drug-likeness (QED) is 0.486. The molecule has 0 fully saturated rings. The molecule has 4 aromatic rings. The number of carbonyl (C=O) groups is 1. The van der Waals surface area contributed by atoms with E-state index in [1.807, 2.05) is 36.4 Å². The number of para-hydroxylation sites is 1. The average Bonchev–Trinajstić information content (AvgIpc) is 3.29. The van der Waals surface area contributed by atoms with Gasteiger partial charge in [0, 0.05) is 29.2 Å². The van der Waals surface area contributed by atoms with E-state index in [1.54, 1.807) is 37.7 Å². The number of aromatic nitrogens is 3. The topological polar surface area (TPSA) is 99.4 Å². The molecule has 8 nitrogen and oxygen atoms in total. The van der Waals surface area contributed by atoms with Crippen molar-refractivity contribution >= 4 is 11.6 Å². The van der Waals surface area contributed by atoms with Gasteiger partial charge in [0.15, 0.2) is 11.5 Å². The zero-order valence-corrected chi connectivity index (χ0v) is 17.0. The van der Waals surface area contributed by atoms with Gasteiger partial charge in [-0.15, -0.1) is 0 Å². The summed E-state index contributed by atoms with van der Waals surface area (Å²) in [5.41, 5.74) is 2.78. The molecule has 156 valence electrons. The molecule has 0 saturated carbocycles. The Kier molecular flexibility index (Phi) is 5.89. The standard InChI is InChI=1S/C23H20N4O4/c1-29-19-8-7-17(13-20(19)30-2)23(28)25-18-6-4-3-5-16(18)14-21-26-22(27-31-21)15-9-11-24-12-10-15/h3-13H,14H2,1-2H3,(H,25,28). The number of hydrogen-bond acceptors (Lipinski definition) is 7. The highest BCUT2D eigenvalue weighted by atomic mass is 16.5. The van der Waals surface area contributed by atoms with Crippen LogP contribution in [-0.4, -0.2) is 35.3 Å². The number of amides is 1. The highest BCUT2D eigenvalue weighted by Gasteiger charge is 2.15. The van der Waals surface area contributed by atoms with E-state index in [0.29, 0.717) is 40.9 Å². The Bertz CT molecular complexity index is 1190. The molecule has 2 aromatic heterocycles. The van der Waals surface area contributed by atoms with Crippen molar-refractivity contribution in [2.45, 2.75) is 6.42 Å². The number of rotatable bonds is 7. The van der Waals surface area contributed by atoms with E-state index in [4.69, 9.17) is 14.0 Å². The fourth-order valence-electron chi connectivity index (χ4n) is 3.08. The highest BCUT2D eigenvalue weighted by Crippen LogP contribution is 2.28. The number of benzene rings is 2. The van der Waals surface area contributed by atoms with E-state index in [2.05, 4.69) is 20.4 Å². The van der Waals surface area contributed by atoms with Gasteiger partial charge in [0.2, 0.25) is 11.7 Å². The minimum absolute atomic E-state index is 0.267. The minimum Gasteiger partial charge on any atom is -0.493 e. The number of carbonyl (C=O) groups excluding carboxylic acids is 1. The number of methoxy groups -OCH3 is 2. The normalized spacial score (nSPS) is 10.5. The van der Waals surface area contributed by atoms with Crippen LogP contribution in [0.15, 0.2) is 71.5 Å². The molecular weight excluding hydrogens is 396 g/mol. The fourth-order valence-corrected chi connectivity index (χ4v) is 3.08. The van der Waals surface area contributed by atoms with Gasteiger partial charge in [-0.05, 0) is 42.0 Å². The van der Waals surface area contributed by atoms with Crippen LogP contribution in [0.5, 0.6) is 11.5 Å². The molecule has 0 spiro atoms. The van der Waals surface area contributed by atoms with Gasteiger partial charge in [-0.2, -0.15) is 4.98 Å². The lowest BCUT2D eigenvalue weighted by Crippen LogP contribution is -2.13. The first-order valence-corrected chi connectivity index (χ1v) is 9.52. The van der Waals surface area contributed by atoms with Crippen molar-refractivity contribution in [1.29, 1.82) is 0 Å². The molecule has 0 radical (unpaired) electrons. The average molecular weight is 416 g/mol. The first-order chi connectivity index (χ1) is 15.2. The van der Waals surface area contributed by atoms with Gasteiger partial charge < -0.3 is 19.3 Å². The summed E-state index contributed by atoms with van der Waals surface area (Å²) in [5.74, 6) is 1.71. The number of ether oxygens (including phenoxy) is 2. The van der Waals surface area contributed by atoms with Gasteiger partial charge in [-0.3, -0.25) is 9.78 Å². The summed E-state index contributed by atoms with van der Waals surface area (Å²) >= 11 is 0. The predicted octanol–water partition coefficient (Wildman–Crippen LogP) is 3.99. The van der Waals surface area contributed by atoms with E-state index >= 15 is 0 Å². The van der Waals surface area contributed by atoms with Crippen LogP contribution in [-0.2, 0) is 6.42 Å². The maximum Gasteiger partial charge on any atom is 0.255 e. The van der Waals surface area contributed by atoms with Crippen molar-refractivity contribution in [1.82, 2.24) is 15.1 Å². The van der Waals surface area contributed by atoms with Crippen LogP contribution in [0, 0.1) is 0 Å². The lowest BCUT2D eigenvalue weighted by molar-refractivity contribution is 0.102. The Hall–Kier alpha value is -4.20. The first-order valence-electron chi connectivity index (χ1n) is 9.52. The Morgan fingerprint density at radius 3 is 2.55 bits per heavy atom. The van der Waals surface area contributed by atoms with Crippen molar-refractivity contribution in [3.63, 3.8) is 0 Å². The van der Waals surface area contributed by atoms with Crippen LogP contribution in [0.2, 0.25) is 0 Å². The smallest absolute Gasteiger partial charge is 0.255 e. The van der Waals surface area contributed by atoms with Crippen LogP contribution in [0.4, 0.5) is 5.69 Å². The summed E-state index contributed by atoms with van der Waals surface area (Å²) in [6.45, 7) is 0. The van der Waals surface area contributed by atoms with Crippen molar-refractivity contribution < 1.29 is 18.8 Å². The van der Waals surface area contributed by atoms with Gasteiger partial charge in [-0.1, -0.05) is 23.4 Å². The molecule has 0 atom stereocenters. The number of anilines is 1.